The average molecular weight is 237 g/mol. The van der Waals surface area contributed by atoms with E-state index in [1.54, 1.807) is 30.3 Å². The number of aliphatic hydroxyl groups excluding tert-OH is 1. The first kappa shape index (κ1) is 11.8. The standard InChI is InChI=1S/C11H15N3O3/c1-13-5-2-3-8(10(13)16)7-14-6-4-9(15)12-11(14)17/h2-3,5,11,17H,4,6-7H2,1H3,(H,12,15). The van der Waals surface area contributed by atoms with Crippen molar-refractivity contribution in [3.8, 4) is 0 Å². The van der Waals surface area contributed by atoms with Gasteiger partial charge in [-0.3, -0.25) is 14.5 Å². The topological polar surface area (TPSA) is 74.6 Å². The van der Waals surface area contributed by atoms with E-state index in [9.17, 15) is 14.7 Å². The summed E-state index contributed by atoms with van der Waals surface area (Å²) in [5.41, 5.74) is 0.516. The number of aromatic nitrogens is 1. The van der Waals surface area contributed by atoms with Crippen LogP contribution in [0.3, 0.4) is 0 Å². The van der Waals surface area contributed by atoms with Gasteiger partial charge in [0.25, 0.3) is 5.56 Å². The summed E-state index contributed by atoms with van der Waals surface area (Å²) in [5, 5.41) is 12.1. The predicted octanol–water partition coefficient (Wildman–Crippen LogP) is -1.02. The molecular weight excluding hydrogens is 222 g/mol. The largest absolute Gasteiger partial charge is 0.361 e. The van der Waals surface area contributed by atoms with Gasteiger partial charge in [0.15, 0.2) is 6.35 Å². The molecule has 0 bridgehead atoms. The van der Waals surface area contributed by atoms with Gasteiger partial charge in [-0.1, -0.05) is 6.07 Å². The van der Waals surface area contributed by atoms with Crippen molar-refractivity contribution in [1.82, 2.24) is 14.8 Å². The lowest BCUT2D eigenvalue weighted by atomic mass is 10.2. The van der Waals surface area contributed by atoms with Crippen LogP contribution in [0.5, 0.6) is 0 Å². The van der Waals surface area contributed by atoms with Crippen molar-refractivity contribution in [1.29, 1.82) is 0 Å². The van der Waals surface area contributed by atoms with Crippen LogP contribution in [0.2, 0.25) is 0 Å². The molecule has 0 aromatic carbocycles. The highest BCUT2D eigenvalue weighted by Gasteiger charge is 2.24. The Balaban J connectivity index is 2.13. The van der Waals surface area contributed by atoms with Crippen LogP contribution in [0.1, 0.15) is 12.0 Å². The van der Waals surface area contributed by atoms with Crippen molar-refractivity contribution in [2.24, 2.45) is 7.05 Å². The smallest absolute Gasteiger partial charge is 0.254 e. The maximum absolute atomic E-state index is 11.8. The number of hydrogen-bond acceptors (Lipinski definition) is 4. The minimum atomic E-state index is -1.01. The number of carbonyl (C=O) groups excluding carboxylic acids is 1. The number of nitrogens with one attached hydrogen (secondary N) is 1. The molecule has 1 unspecified atom stereocenters. The molecule has 0 aliphatic carbocycles. The van der Waals surface area contributed by atoms with Gasteiger partial charge in [0, 0.05) is 38.3 Å². The van der Waals surface area contributed by atoms with Gasteiger partial charge in [-0.2, -0.15) is 0 Å². The predicted molar refractivity (Wildman–Crippen MR) is 60.9 cm³/mol. The first-order valence-electron chi connectivity index (χ1n) is 5.44. The zero-order chi connectivity index (χ0) is 12.4. The van der Waals surface area contributed by atoms with Crippen LogP contribution in [-0.2, 0) is 18.4 Å². The maximum Gasteiger partial charge on any atom is 0.254 e. The number of aryl methyl sites for hydroxylation is 1. The van der Waals surface area contributed by atoms with Gasteiger partial charge >= 0.3 is 0 Å². The van der Waals surface area contributed by atoms with E-state index in [4.69, 9.17) is 0 Å². The first-order chi connectivity index (χ1) is 8.08. The number of rotatable bonds is 2. The second-order valence-corrected chi connectivity index (χ2v) is 4.11. The molecule has 17 heavy (non-hydrogen) atoms. The molecule has 1 aromatic heterocycles. The lowest BCUT2D eigenvalue weighted by Crippen LogP contribution is -2.53. The first-order valence-corrected chi connectivity index (χ1v) is 5.44. The lowest BCUT2D eigenvalue weighted by molar-refractivity contribution is -0.136. The molecule has 1 saturated heterocycles. The molecule has 92 valence electrons. The molecule has 1 fully saturated rings. The zero-order valence-corrected chi connectivity index (χ0v) is 9.59. The van der Waals surface area contributed by atoms with E-state index >= 15 is 0 Å². The molecule has 0 spiro atoms. The number of carbonyl (C=O) groups is 1. The Hall–Kier alpha value is -1.66. The molecule has 0 radical (unpaired) electrons. The maximum atomic E-state index is 11.8. The van der Waals surface area contributed by atoms with E-state index < -0.39 is 6.35 Å². The molecule has 0 saturated carbocycles. The van der Waals surface area contributed by atoms with E-state index in [0.717, 1.165) is 0 Å². The summed E-state index contributed by atoms with van der Waals surface area (Å²) < 4.78 is 1.49. The van der Waals surface area contributed by atoms with Gasteiger partial charge < -0.3 is 15.0 Å². The average Bonchev–Trinajstić information content (AvgIpc) is 2.28. The van der Waals surface area contributed by atoms with Crippen molar-refractivity contribution < 1.29 is 9.90 Å². The summed E-state index contributed by atoms with van der Waals surface area (Å²) in [6.07, 6.45) is 1.01. The Labute approximate surface area is 98.5 Å². The van der Waals surface area contributed by atoms with Crippen molar-refractivity contribution in [3.63, 3.8) is 0 Å². The summed E-state index contributed by atoms with van der Waals surface area (Å²) in [6.45, 7) is 0.778. The summed E-state index contributed by atoms with van der Waals surface area (Å²) in [5.74, 6) is -0.172. The monoisotopic (exact) mass is 237 g/mol. The highest BCUT2D eigenvalue weighted by Crippen LogP contribution is 2.07. The molecule has 1 aromatic rings. The highest BCUT2D eigenvalue weighted by atomic mass is 16.3. The quantitative estimate of drug-likeness (QED) is 0.690. The summed E-state index contributed by atoms with van der Waals surface area (Å²) >= 11 is 0. The fourth-order valence-electron chi connectivity index (χ4n) is 1.83. The molecule has 6 heteroatoms. The van der Waals surface area contributed by atoms with Crippen LogP contribution in [0.15, 0.2) is 23.1 Å². The minimum absolute atomic E-state index is 0.0865. The highest BCUT2D eigenvalue weighted by molar-refractivity contribution is 5.76. The molecule has 1 atom stereocenters. The van der Waals surface area contributed by atoms with Crippen molar-refractivity contribution in [2.45, 2.75) is 19.3 Å². The van der Waals surface area contributed by atoms with Crippen LogP contribution in [0.25, 0.3) is 0 Å². The molecule has 1 aliphatic heterocycles. The molecule has 2 rings (SSSR count). The van der Waals surface area contributed by atoms with Crippen LogP contribution in [0.4, 0.5) is 0 Å². The minimum Gasteiger partial charge on any atom is -0.361 e. The molecule has 6 nitrogen and oxygen atoms in total. The van der Waals surface area contributed by atoms with Crippen molar-refractivity contribution in [2.75, 3.05) is 6.54 Å². The fraction of sp³-hybridized carbons (Fsp3) is 0.455. The van der Waals surface area contributed by atoms with Crippen molar-refractivity contribution >= 4 is 5.91 Å². The van der Waals surface area contributed by atoms with E-state index in [2.05, 4.69) is 5.32 Å². The third-order valence-electron chi connectivity index (χ3n) is 2.84. The Morgan fingerprint density at radius 3 is 3.00 bits per heavy atom. The van der Waals surface area contributed by atoms with Gasteiger partial charge in [-0.25, -0.2) is 0 Å². The summed E-state index contributed by atoms with van der Waals surface area (Å²) in [4.78, 5) is 24.5. The molecule has 2 heterocycles. The van der Waals surface area contributed by atoms with E-state index in [-0.39, 0.29) is 11.5 Å². The lowest BCUT2D eigenvalue weighted by Gasteiger charge is -2.31. The molecular formula is C11H15N3O3. The van der Waals surface area contributed by atoms with E-state index in [1.165, 1.54) is 4.57 Å². The van der Waals surface area contributed by atoms with Crippen LogP contribution in [-0.4, -0.2) is 33.4 Å². The van der Waals surface area contributed by atoms with Gasteiger partial charge in [-0.05, 0) is 6.07 Å². The van der Waals surface area contributed by atoms with E-state index in [0.29, 0.717) is 25.1 Å². The van der Waals surface area contributed by atoms with Crippen LogP contribution < -0.4 is 10.9 Å². The molecule has 2 N–H and O–H groups in total. The van der Waals surface area contributed by atoms with Gasteiger partial charge in [0.1, 0.15) is 0 Å². The SMILES string of the molecule is Cn1cccc(CN2CCC(=O)NC2O)c1=O. The number of pyridine rings is 1. The normalized spacial score (nSPS) is 21.3. The molecule has 1 amide bonds. The second kappa shape index (κ2) is 4.68. The summed E-state index contributed by atoms with van der Waals surface area (Å²) in [7, 11) is 1.68. The van der Waals surface area contributed by atoms with E-state index in [1.807, 2.05) is 0 Å². The number of aliphatic hydroxyl groups is 1. The van der Waals surface area contributed by atoms with Gasteiger partial charge in [0.05, 0.1) is 0 Å². The van der Waals surface area contributed by atoms with Gasteiger partial charge in [0.2, 0.25) is 5.91 Å². The third kappa shape index (κ3) is 2.54. The Kier molecular flexibility index (Phi) is 3.26. The zero-order valence-electron chi connectivity index (χ0n) is 9.59. The molecule has 1 aliphatic rings. The van der Waals surface area contributed by atoms with Gasteiger partial charge in [-0.15, -0.1) is 0 Å². The second-order valence-electron chi connectivity index (χ2n) is 4.11. The van der Waals surface area contributed by atoms with Crippen LogP contribution in [0, 0.1) is 0 Å². The Morgan fingerprint density at radius 2 is 2.29 bits per heavy atom. The summed E-state index contributed by atoms with van der Waals surface area (Å²) in [6, 6.07) is 3.51. The Bertz CT molecular complexity index is 483. The van der Waals surface area contributed by atoms with Crippen LogP contribution >= 0.6 is 0 Å². The number of nitrogens with zero attached hydrogens (tertiary/aromatic N) is 2. The fourth-order valence-corrected chi connectivity index (χ4v) is 1.83. The number of amides is 1. The third-order valence-corrected chi connectivity index (χ3v) is 2.84. The Morgan fingerprint density at radius 1 is 1.53 bits per heavy atom. The van der Waals surface area contributed by atoms with Crippen molar-refractivity contribution in [3.05, 3.63) is 34.2 Å². The number of hydrogen-bond donors (Lipinski definition) is 2.